The molecule has 1 saturated heterocycles. The predicted octanol–water partition coefficient (Wildman–Crippen LogP) is 2.28. The summed E-state index contributed by atoms with van der Waals surface area (Å²) in [7, 11) is 1.58. The molecule has 1 N–H and O–H groups in total. The number of aromatic carboxylic acids is 1. The maximum atomic E-state index is 13.9. The highest BCUT2D eigenvalue weighted by molar-refractivity contribution is 5.88. The van der Waals surface area contributed by atoms with Gasteiger partial charge in [0, 0.05) is 13.7 Å². The Balaban J connectivity index is 2.37. The summed E-state index contributed by atoms with van der Waals surface area (Å²) in [6.45, 7) is 2.39. The van der Waals surface area contributed by atoms with E-state index >= 15 is 0 Å². The zero-order valence-corrected chi connectivity index (χ0v) is 10.7. The molecule has 1 heterocycles. The summed E-state index contributed by atoms with van der Waals surface area (Å²) in [4.78, 5) is 12.2. The van der Waals surface area contributed by atoms with Gasteiger partial charge in [-0.25, -0.2) is 13.6 Å². The number of carboxylic acid groups (broad SMARTS) is 1. The second kappa shape index (κ2) is 5.13. The molecule has 104 valence electrons. The molecule has 2 rings (SSSR count). The Morgan fingerprint density at radius 3 is 2.42 bits per heavy atom. The van der Waals surface area contributed by atoms with Gasteiger partial charge in [0.25, 0.3) is 0 Å². The molecule has 1 aliphatic rings. The number of carboxylic acids is 1. The minimum Gasteiger partial charge on any atom is -0.478 e. The molecule has 0 saturated carbocycles. The van der Waals surface area contributed by atoms with Crippen LogP contribution in [-0.2, 0) is 4.74 Å². The lowest BCUT2D eigenvalue weighted by atomic mass is 10.1. The Labute approximate surface area is 109 Å². The Kier molecular flexibility index (Phi) is 3.71. The first kappa shape index (κ1) is 13.7. The average molecular weight is 271 g/mol. The van der Waals surface area contributed by atoms with Gasteiger partial charge in [0.15, 0.2) is 0 Å². The van der Waals surface area contributed by atoms with Gasteiger partial charge in [0.1, 0.15) is 17.3 Å². The molecule has 1 fully saturated rings. The summed E-state index contributed by atoms with van der Waals surface area (Å²) in [6, 6.07) is 1.54. The van der Waals surface area contributed by atoms with Crippen molar-refractivity contribution in [3.63, 3.8) is 0 Å². The smallest absolute Gasteiger partial charge is 0.335 e. The van der Waals surface area contributed by atoms with Crippen molar-refractivity contribution in [2.45, 2.75) is 25.5 Å². The predicted molar refractivity (Wildman–Crippen MR) is 65.5 cm³/mol. The van der Waals surface area contributed by atoms with E-state index in [2.05, 4.69) is 0 Å². The van der Waals surface area contributed by atoms with E-state index in [1.165, 1.54) is 4.90 Å². The fourth-order valence-electron chi connectivity index (χ4n) is 2.42. The van der Waals surface area contributed by atoms with E-state index in [-0.39, 0.29) is 17.8 Å². The minimum atomic E-state index is -1.36. The van der Waals surface area contributed by atoms with Crippen molar-refractivity contribution in [1.82, 2.24) is 0 Å². The summed E-state index contributed by atoms with van der Waals surface area (Å²) in [5.41, 5.74) is -0.616. The highest BCUT2D eigenvalue weighted by Gasteiger charge is 2.31. The molecule has 2 atom stereocenters. The number of ether oxygens (including phenoxy) is 1. The van der Waals surface area contributed by atoms with Crippen molar-refractivity contribution in [1.29, 1.82) is 0 Å². The summed E-state index contributed by atoms with van der Waals surface area (Å²) < 4.78 is 33.2. The Hall–Kier alpha value is -1.69. The molecular formula is C13H15F2NO3. The highest BCUT2D eigenvalue weighted by Crippen LogP contribution is 2.29. The van der Waals surface area contributed by atoms with Crippen LogP contribution in [0.15, 0.2) is 12.1 Å². The number of carbonyl (C=O) groups is 1. The second-order valence-corrected chi connectivity index (χ2v) is 4.64. The molecule has 1 aromatic rings. The molecule has 0 bridgehead atoms. The van der Waals surface area contributed by atoms with Crippen LogP contribution < -0.4 is 4.90 Å². The van der Waals surface area contributed by atoms with Crippen LogP contribution in [0.3, 0.4) is 0 Å². The Morgan fingerprint density at radius 2 is 2.00 bits per heavy atom. The van der Waals surface area contributed by atoms with E-state index < -0.39 is 23.2 Å². The number of nitrogens with zero attached hydrogens (tertiary/aromatic N) is 1. The fraction of sp³-hybridized carbons (Fsp3) is 0.462. The standard InChI is InChI=1S/C13H15F2NO3/c1-7-11(3-4-19-7)16(2)12-9(14)5-8(13(17)18)6-10(12)15/h5-7,11H,3-4H2,1-2H3,(H,17,18). The van der Waals surface area contributed by atoms with E-state index in [1.54, 1.807) is 7.05 Å². The van der Waals surface area contributed by atoms with Gasteiger partial charge in [-0.3, -0.25) is 0 Å². The van der Waals surface area contributed by atoms with Crippen LogP contribution in [0.2, 0.25) is 0 Å². The molecule has 0 aromatic heterocycles. The first-order valence-corrected chi connectivity index (χ1v) is 5.98. The molecule has 6 heteroatoms. The van der Waals surface area contributed by atoms with Gasteiger partial charge in [-0.15, -0.1) is 0 Å². The summed E-state index contributed by atoms with van der Waals surface area (Å²) in [6.07, 6.45) is 0.556. The largest absolute Gasteiger partial charge is 0.478 e. The third kappa shape index (κ3) is 2.53. The van der Waals surface area contributed by atoms with Gasteiger partial charge in [-0.2, -0.15) is 0 Å². The maximum Gasteiger partial charge on any atom is 0.335 e. The van der Waals surface area contributed by atoms with E-state index in [9.17, 15) is 13.6 Å². The molecule has 0 radical (unpaired) electrons. The number of anilines is 1. The monoisotopic (exact) mass is 271 g/mol. The van der Waals surface area contributed by atoms with Crippen molar-refractivity contribution < 1.29 is 23.4 Å². The lowest BCUT2D eigenvalue weighted by molar-refractivity contribution is 0.0695. The summed E-state index contributed by atoms with van der Waals surface area (Å²) >= 11 is 0. The van der Waals surface area contributed by atoms with Crippen LogP contribution in [-0.4, -0.2) is 36.9 Å². The SMILES string of the molecule is CC1OCCC1N(C)c1c(F)cc(C(=O)O)cc1F. The van der Waals surface area contributed by atoms with Crippen LogP contribution in [0, 0.1) is 11.6 Å². The number of halogens is 2. The number of rotatable bonds is 3. The van der Waals surface area contributed by atoms with Gasteiger partial charge >= 0.3 is 5.97 Å². The lowest BCUT2D eigenvalue weighted by Gasteiger charge is -2.29. The third-order valence-corrected chi connectivity index (χ3v) is 3.45. The maximum absolute atomic E-state index is 13.9. The van der Waals surface area contributed by atoms with Crippen LogP contribution in [0.1, 0.15) is 23.7 Å². The quantitative estimate of drug-likeness (QED) is 0.916. The Morgan fingerprint density at radius 1 is 1.42 bits per heavy atom. The normalized spacial score (nSPS) is 22.5. The molecule has 1 aromatic carbocycles. The number of benzene rings is 1. The highest BCUT2D eigenvalue weighted by atomic mass is 19.1. The van der Waals surface area contributed by atoms with Crippen LogP contribution in [0.4, 0.5) is 14.5 Å². The average Bonchev–Trinajstić information content (AvgIpc) is 2.74. The van der Waals surface area contributed by atoms with Crippen LogP contribution in [0.5, 0.6) is 0 Å². The number of likely N-dealkylation sites (N-methyl/N-ethyl adjacent to an activating group) is 1. The third-order valence-electron chi connectivity index (χ3n) is 3.45. The lowest BCUT2D eigenvalue weighted by Crippen LogP contribution is -2.37. The zero-order chi connectivity index (χ0) is 14.2. The molecule has 1 aliphatic heterocycles. The molecule has 0 spiro atoms. The summed E-state index contributed by atoms with van der Waals surface area (Å²) in [5.74, 6) is -3.11. The first-order chi connectivity index (χ1) is 8.91. The van der Waals surface area contributed by atoms with Crippen molar-refractivity contribution in [2.75, 3.05) is 18.6 Å². The van der Waals surface area contributed by atoms with Gasteiger partial charge in [-0.05, 0) is 25.5 Å². The van der Waals surface area contributed by atoms with E-state index in [4.69, 9.17) is 9.84 Å². The zero-order valence-electron chi connectivity index (χ0n) is 10.7. The van der Waals surface area contributed by atoms with Gasteiger partial charge < -0.3 is 14.7 Å². The molecular weight excluding hydrogens is 256 g/mol. The van der Waals surface area contributed by atoms with Crippen molar-refractivity contribution in [3.8, 4) is 0 Å². The molecule has 19 heavy (non-hydrogen) atoms. The van der Waals surface area contributed by atoms with E-state index in [0.717, 1.165) is 12.1 Å². The topological polar surface area (TPSA) is 49.8 Å². The fourth-order valence-corrected chi connectivity index (χ4v) is 2.42. The molecule has 4 nitrogen and oxygen atoms in total. The van der Waals surface area contributed by atoms with Gasteiger partial charge in [0.2, 0.25) is 0 Å². The number of hydrogen-bond donors (Lipinski definition) is 1. The molecule has 2 unspecified atom stereocenters. The Bertz CT molecular complexity index is 484. The van der Waals surface area contributed by atoms with Crippen molar-refractivity contribution in [3.05, 3.63) is 29.3 Å². The first-order valence-electron chi connectivity index (χ1n) is 5.98. The minimum absolute atomic E-state index is 0.122. The van der Waals surface area contributed by atoms with E-state index in [1.807, 2.05) is 6.92 Å². The van der Waals surface area contributed by atoms with E-state index in [0.29, 0.717) is 13.0 Å². The number of hydrogen-bond acceptors (Lipinski definition) is 3. The van der Waals surface area contributed by atoms with Gasteiger partial charge in [-0.1, -0.05) is 0 Å². The summed E-state index contributed by atoms with van der Waals surface area (Å²) in [5, 5.41) is 8.75. The van der Waals surface area contributed by atoms with Crippen molar-refractivity contribution >= 4 is 11.7 Å². The van der Waals surface area contributed by atoms with Crippen LogP contribution >= 0.6 is 0 Å². The molecule has 0 amide bonds. The van der Waals surface area contributed by atoms with Crippen molar-refractivity contribution in [2.24, 2.45) is 0 Å². The molecule has 0 aliphatic carbocycles. The van der Waals surface area contributed by atoms with Gasteiger partial charge in [0.05, 0.1) is 17.7 Å². The van der Waals surface area contributed by atoms with Crippen LogP contribution in [0.25, 0.3) is 0 Å². The second-order valence-electron chi connectivity index (χ2n) is 4.64.